The first-order valence-corrected chi connectivity index (χ1v) is 19.8. The molecular weight excluding hydrogens is 1020 g/mol. The van der Waals surface area contributed by atoms with Gasteiger partial charge in [-0.3, -0.25) is 19.2 Å². The van der Waals surface area contributed by atoms with Crippen molar-refractivity contribution in [3.8, 4) is 0 Å². The molecule has 0 rings (SSSR count). The predicted octanol–water partition coefficient (Wildman–Crippen LogP) is 5.21. The van der Waals surface area contributed by atoms with E-state index in [1.807, 2.05) is 0 Å². The highest BCUT2D eigenvalue weighted by Gasteiger charge is 2.47. The molecule has 0 aliphatic heterocycles. The van der Waals surface area contributed by atoms with Gasteiger partial charge >= 0.3 is 23.9 Å². The van der Waals surface area contributed by atoms with Gasteiger partial charge in [0.05, 0.1) is 0 Å². The van der Waals surface area contributed by atoms with Crippen LogP contribution in [0.25, 0.3) is 0 Å². The lowest BCUT2D eigenvalue weighted by Crippen LogP contribution is -2.57. The highest BCUT2D eigenvalue weighted by Crippen LogP contribution is 2.31. The molecule has 0 atom stereocenters. The molecule has 28 heteroatoms. The van der Waals surface area contributed by atoms with Crippen molar-refractivity contribution in [2.45, 2.75) is 92.7 Å². The minimum atomic E-state index is -2.52. The summed E-state index contributed by atoms with van der Waals surface area (Å²) in [7, 11) is 0. The molecule has 4 N–H and O–H groups in total. The molecule has 0 saturated carbocycles. The van der Waals surface area contributed by atoms with Crippen molar-refractivity contribution in [3.63, 3.8) is 0 Å². The summed E-state index contributed by atoms with van der Waals surface area (Å²) in [6.07, 6.45) is 0. The summed E-state index contributed by atoms with van der Waals surface area (Å²) in [4.78, 5) is 103. The van der Waals surface area contributed by atoms with Crippen LogP contribution in [0, 0.1) is 5.41 Å². The molecule has 0 aromatic carbocycles. The Kier molecular flexibility index (Phi) is 20.1. The number of nitrogens with one attached hydrogen (secondary N) is 4. The zero-order valence-corrected chi connectivity index (χ0v) is 39.8. The number of amides is 4. The summed E-state index contributed by atoms with van der Waals surface area (Å²) in [6, 6.07) is 0. The Balaban J connectivity index is 7.15. The van der Waals surface area contributed by atoms with Crippen LogP contribution in [0.1, 0.15) is 55.4 Å². The van der Waals surface area contributed by atoms with Gasteiger partial charge in [0, 0.05) is 0 Å². The van der Waals surface area contributed by atoms with Crippen LogP contribution in [0.15, 0.2) is 0 Å². The number of ether oxygens (including phenoxy) is 4. The molecule has 0 aliphatic carbocycles. The fourth-order valence-electron chi connectivity index (χ4n) is 3.47. The third kappa shape index (κ3) is 18.8. The summed E-state index contributed by atoms with van der Waals surface area (Å²) >= 11 is 67.4. The molecule has 57 heavy (non-hydrogen) atoms. The third-order valence-electron chi connectivity index (χ3n) is 6.81. The largest absolute Gasteiger partial charge is 0.463 e. The highest BCUT2D eigenvalue weighted by atomic mass is 35.6. The topological polar surface area (TPSA) is 222 Å². The lowest BCUT2D eigenvalue weighted by molar-refractivity contribution is -0.179. The van der Waals surface area contributed by atoms with Gasteiger partial charge in [0.1, 0.15) is 54.0 Å². The molecule has 16 nitrogen and oxygen atoms in total. The Hall–Kier alpha value is -0.760. The second kappa shape index (κ2) is 20.4. The Morgan fingerprint density at radius 2 is 0.474 bits per heavy atom. The molecule has 4 amide bonds. The summed E-state index contributed by atoms with van der Waals surface area (Å²) in [6.45, 7) is 5.20. The Morgan fingerprint density at radius 3 is 0.596 bits per heavy atom. The third-order valence-corrected chi connectivity index (χ3v) is 8.87. The van der Waals surface area contributed by atoms with Gasteiger partial charge in [-0.05, 0) is 55.4 Å². The molecule has 0 spiro atoms. The molecule has 328 valence electrons. The Morgan fingerprint density at radius 1 is 0.333 bits per heavy atom. The highest BCUT2D eigenvalue weighted by molar-refractivity contribution is 6.77. The Labute approximate surface area is 387 Å². The van der Waals surface area contributed by atoms with Crippen molar-refractivity contribution in [1.29, 1.82) is 0 Å². The van der Waals surface area contributed by atoms with Crippen LogP contribution in [0.5, 0.6) is 0 Å². The first-order chi connectivity index (χ1) is 25.0. The molecule has 0 fully saturated rings. The van der Waals surface area contributed by atoms with E-state index in [4.69, 9.17) is 158 Å². The lowest BCUT2D eigenvalue weighted by atomic mass is 9.91. The van der Waals surface area contributed by atoms with E-state index < -0.39 is 117 Å². The maximum atomic E-state index is 13.4. The van der Waals surface area contributed by atoms with E-state index in [0.29, 0.717) is 0 Å². The summed E-state index contributed by atoms with van der Waals surface area (Å²) < 4.78 is 11.7. The molecular formula is C29H36Cl12N4O12. The van der Waals surface area contributed by atoms with Crippen molar-refractivity contribution in [2.24, 2.45) is 5.41 Å². The number of esters is 4. The van der Waals surface area contributed by atoms with Crippen LogP contribution in [0.3, 0.4) is 0 Å². The number of alkyl halides is 12. The van der Waals surface area contributed by atoms with E-state index in [9.17, 15) is 38.4 Å². The zero-order chi connectivity index (χ0) is 45.6. The minimum Gasteiger partial charge on any atom is -0.463 e. The van der Waals surface area contributed by atoms with Crippen LogP contribution < -0.4 is 21.3 Å². The number of carbonyl (C=O) groups excluding carboxylic acids is 8. The number of hydrogen-bond donors (Lipinski definition) is 4. The van der Waals surface area contributed by atoms with Gasteiger partial charge in [0.25, 0.3) is 38.8 Å². The molecule has 0 aliphatic rings. The first kappa shape index (κ1) is 56.2. The van der Waals surface area contributed by atoms with Crippen LogP contribution >= 0.6 is 139 Å². The summed E-state index contributed by atoms with van der Waals surface area (Å²) in [5, 5.41) is 8.60. The number of carbonyl (C=O) groups is 8. The molecule has 0 aromatic heterocycles. The lowest BCUT2D eigenvalue weighted by Gasteiger charge is -2.36. The van der Waals surface area contributed by atoms with Crippen molar-refractivity contribution in [3.05, 3.63) is 0 Å². The van der Waals surface area contributed by atoms with Crippen LogP contribution in [-0.4, -0.2) is 111 Å². The molecule has 0 radical (unpaired) electrons. The van der Waals surface area contributed by atoms with Gasteiger partial charge in [-0.15, -0.1) is 0 Å². The normalized spacial score (nSPS) is 13.4. The second-order valence-electron chi connectivity index (χ2n) is 14.1. The van der Waals surface area contributed by atoms with E-state index in [2.05, 4.69) is 21.3 Å². The van der Waals surface area contributed by atoms with Crippen molar-refractivity contribution < 1.29 is 57.3 Å². The number of hydrogen-bond acceptors (Lipinski definition) is 12. The van der Waals surface area contributed by atoms with E-state index >= 15 is 0 Å². The van der Waals surface area contributed by atoms with E-state index in [0.717, 1.165) is 55.4 Å². The quantitative estimate of drug-likeness (QED) is 0.0890. The van der Waals surface area contributed by atoms with Gasteiger partial charge < -0.3 is 40.2 Å². The van der Waals surface area contributed by atoms with Gasteiger partial charge in [0.15, 0.2) is 0 Å². The summed E-state index contributed by atoms with van der Waals surface area (Å²) in [5.74, 6) is -9.91. The van der Waals surface area contributed by atoms with Crippen molar-refractivity contribution in [1.82, 2.24) is 21.3 Å². The van der Waals surface area contributed by atoms with Crippen LogP contribution in [-0.2, 0) is 57.3 Å². The van der Waals surface area contributed by atoms with E-state index in [-0.39, 0.29) is 0 Å². The predicted molar refractivity (Wildman–Crippen MR) is 216 cm³/mol. The standard InChI is InChI=1S/C29H36Cl12N4O12/c1-21(2,42-13(46)26(30,31)32)17(50)54-9-25(10-55-18(51)22(3,4)43-14(47)27(33,34)35,11-56-19(52)23(5,6)44-15(48)28(36,37)38)12-57-20(53)24(7,8)45-16(49)29(39,40)41/h9-12H2,1-8H3,(H,42,46)(H,43,47)(H,44,48)(H,45,49). The van der Waals surface area contributed by atoms with Gasteiger partial charge in [-0.2, -0.15) is 0 Å². The molecule has 0 aromatic rings. The Bertz CT molecular complexity index is 1340. The average Bonchev–Trinajstić information content (AvgIpc) is 3.00. The van der Waals surface area contributed by atoms with Crippen molar-refractivity contribution >= 4 is 187 Å². The second-order valence-corrected chi connectivity index (χ2v) is 23.2. The van der Waals surface area contributed by atoms with E-state index in [1.54, 1.807) is 0 Å². The number of rotatable bonds is 16. The fraction of sp³-hybridized carbons (Fsp3) is 0.724. The molecule has 0 heterocycles. The van der Waals surface area contributed by atoms with Gasteiger partial charge in [-0.1, -0.05) is 139 Å². The van der Waals surface area contributed by atoms with Crippen LogP contribution in [0.2, 0.25) is 0 Å². The minimum absolute atomic E-state index is 0.991. The summed E-state index contributed by atoms with van der Waals surface area (Å²) in [5.41, 5.74) is -9.95. The molecule has 0 saturated heterocycles. The average molecular weight is 1060 g/mol. The smallest absolute Gasteiger partial charge is 0.331 e. The SMILES string of the molecule is CC(C)(NC(=O)C(Cl)(Cl)Cl)C(=O)OCC(COC(=O)C(C)(C)NC(=O)C(Cl)(Cl)Cl)(COC(=O)C(C)(C)NC(=O)C(Cl)(Cl)Cl)COC(=O)C(C)(C)NC(=O)C(Cl)(Cl)Cl. The molecule has 0 bridgehead atoms. The van der Waals surface area contributed by atoms with Crippen LogP contribution in [0.4, 0.5) is 0 Å². The van der Waals surface area contributed by atoms with Crippen molar-refractivity contribution in [2.75, 3.05) is 26.4 Å². The van der Waals surface area contributed by atoms with Gasteiger partial charge in [0.2, 0.25) is 0 Å². The monoisotopic (exact) mass is 1050 g/mol. The number of halogens is 12. The maximum Gasteiger partial charge on any atom is 0.331 e. The fourth-order valence-corrected chi connectivity index (χ4v) is 4.04. The maximum absolute atomic E-state index is 13.4. The van der Waals surface area contributed by atoms with E-state index in [1.165, 1.54) is 0 Å². The first-order valence-electron chi connectivity index (χ1n) is 15.3. The van der Waals surface area contributed by atoms with Gasteiger partial charge in [-0.25, -0.2) is 19.2 Å². The molecule has 0 unspecified atom stereocenters. The zero-order valence-electron chi connectivity index (χ0n) is 30.8.